The predicted octanol–water partition coefficient (Wildman–Crippen LogP) is 1.65. The molecule has 16 heavy (non-hydrogen) atoms. The lowest BCUT2D eigenvalue weighted by Gasteiger charge is -2.09. The molecule has 6 heteroatoms. The molecule has 0 saturated heterocycles. The van der Waals surface area contributed by atoms with Crippen LogP contribution >= 0.6 is 15.9 Å². The van der Waals surface area contributed by atoms with E-state index in [1.54, 1.807) is 0 Å². The Labute approximate surface area is 102 Å². The SMILES string of the molecule is CCCCOC(=O)[C@@H](N)Cc1coc(Br)n1. The van der Waals surface area contributed by atoms with Crippen molar-refractivity contribution in [3.63, 3.8) is 0 Å². The van der Waals surface area contributed by atoms with E-state index in [2.05, 4.69) is 20.9 Å². The first kappa shape index (κ1) is 13.2. The Morgan fingerprint density at radius 1 is 1.75 bits per heavy atom. The summed E-state index contributed by atoms with van der Waals surface area (Å²) in [7, 11) is 0. The third-order valence-electron chi connectivity index (χ3n) is 2.00. The molecule has 0 fully saturated rings. The number of aromatic nitrogens is 1. The molecule has 90 valence electrons. The van der Waals surface area contributed by atoms with Crippen LogP contribution in [0.2, 0.25) is 0 Å². The van der Waals surface area contributed by atoms with Gasteiger partial charge in [-0.3, -0.25) is 4.79 Å². The molecule has 0 aliphatic heterocycles. The Hall–Kier alpha value is -0.880. The van der Waals surface area contributed by atoms with Crippen LogP contribution in [0.3, 0.4) is 0 Å². The number of halogens is 1. The topological polar surface area (TPSA) is 78.4 Å². The lowest BCUT2D eigenvalue weighted by Crippen LogP contribution is -2.34. The molecule has 1 aromatic rings. The van der Waals surface area contributed by atoms with Gasteiger partial charge in [0.05, 0.1) is 12.3 Å². The monoisotopic (exact) mass is 290 g/mol. The third-order valence-corrected chi connectivity index (χ3v) is 2.36. The van der Waals surface area contributed by atoms with Crippen LogP contribution in [-0.4, -0.2) is 23.6 Å². The molecule has 1 aromatic heterocycles. The molecule has 1 heterocycles. The molecule has 0 saturated carbocycles. The van der Waals surface area contributed by atoms with Gasteiger partial charge in [-0.15, -0.1) is 0 Å². The summed E-state index contributed by atoms with van der Waals surface area (Å²) in [5.41, 5.74) is 6.30. The minimum Gasteiger partial charge on any atom is -0.465 e. The largest absolute Gasteiger partial charge is 0.465 e. The first-order valence-corrected chi connectivity index (χ1v) is 5.95. The van der Waals surface area contributed by atoms with Crippen LogP contribution < -0.4 is 5.73 Å². The Balaban J connectivity index is 2.34. The van der Waals surface area contributed by atoms with Crippen LogP contribution in [-0.2, 0) is 16.0 Å². The number of esters is 1. The van der Waals surface area contributed by atoms with Crippen LogP contribution in [0.15, 0.2) is 15.5 Å². The van der Waals surface area contributed by atoms with E-state index in [1.165, 1.54) is 6.26 Å². The highest BCUT2D eigenvalue weighted by molar-refractivity contribution is 9.10. The van der Waals surface area contributed by atoms with Crippen LogP contribution in [0.1, 0.15) is 25.5 Å². The minimum absolute atomic E-state index is 0.320. The number of carbonyl (C=O) groups is 1. The van der Waals surface area contributed by atoms with E-state index in [-0.39, 0.29) is 0 Å². The molecule has 1 rings (SSSR count). The van der Waals surface area contributed by atoms with Crippen molar-refractivity contribution >= 4 is 21.9 Å². The summed E-state index contributed by atoms with van der Waals surface area (Å²) in [6.07, 6.45) is 3.62. The van der Waals surface area contributed by atoms with Crippen LogP contribution in [0, 0.1) is 0 Å². The number of unbranched alkanes of at least 4 members (excludes halogenated alkanes) is 1. The summed E-state index contributed by atoms with van der Waals surface area (Å²) in [6.45, 7) is 2.45. The average molecular weight is 291 g/mol. The highest BCUT2D eigenvalue weighted by Crippen LogP contribution is 2.10. The van der Waals surface area contributed by atoms with Crippen molar-refractivity contribution in [1.82, 2.24) is 4.98 Å². The number of nitrogens with zero attached hydrogens (tertiary/aromatic N) is 1. The molecule has 0 aliphatic carbocycles. The zero-order chi connectivity index (χ0) is 12.0. The molecule has 2 N–H and O–H groups in total. The summed E-state index contributed by atoms with van der Waals surface area (Å²) in [4.78, 5) is 15.8. The second kappa shape index (κ2) is 6.65. The van der Waals surface area contributed by atoms with Gasteiger partial charge in [-0.2, -0.15) is 0 Å². The minimum atomic E-state index is -0.686. The van der Waals surface area contributed by atoms with Gasteiger partial charge < -0.3 is 14.9 Å². The predicted molar refractivity (Wildman–Crippen MR) is 61.7 cm³/mol. The number of nitrogens with two attached hydrogens (primary N) is 1. The van der Waals surface area contributed by atoms with Gasteiger partial charge in [0.2, 0.25) is 0 Å². The third kappa shape index (κ3) is 4.32. The molecule has 1 atom stereocenters. The molecule has 0 radical (unpaired) electrons. The summed E-state index contributed by atoms with van der Waals surface area (Å²) < 4.78 is 9.93. The fraction of sp³-hybridized carbons (Fsp3) is 0.600. The molecule has 0 amide bonds. The number of carbonyl (C=O) groups excluding carboxylic acids is 1. The summed E-state index contributed by atoms with van der Waals surface area (Å²) >= 11 is 3.08. The Morgan fingerprint density at radius 3 is 3.06 bits per heavy atom. The smallest absolute Gasteiger partial charge is 0.323 e. The maximum atomic E-state index is 11.4. The quantitative estimate of drug-likeness (QED) is 0.637. The number of ether oxygens (including phenoxy) is 1. The fourth-order valence-corrected chi connectivity index (χ4v) is 1.43. The summed E-state index contributed by atoms with van der Waals surface area (Å²) in [6, 6.07) is -0.686. The Morgan fingerprint density at radius 2 is 2.50 bits per heavy atom. The molecule has 0 bridgehead atoms. The van der Waals surface area contributed by atoms with E-state index in [9.17, 15) is 4.79 Å². The maximum absolute atomic E-state index is 11.4. The molecular formula is C10H15BrN2O3. The van der Waals surface area contributed by atoms with Gasteiger partial charge >= 0.3 is 5.97 Å². The van der Waals surface area contributed by atoms with Crippen LogP contribution in [0.5, 0.6) is 0 Å². The molecule has 0 spiro atoms. The van der Waals surface area contributed by atoms with E-state index in [4.69, 9.17) is 14.9 Å². The Kier molecular flexibility index (Phi) is 5.48. The highest BCUT2D eigenvalue weighted by atomic mass is 79.9. The van der Waals surface area contributed by atoms with E-state index in [1.807, 2.05) is 6.92 Å². The molecule has 0 aromatic carbocycles. The normalized spacial score (nSPS) is 12.4. The summed E-state index contributed by atoms with van der Waals surface area (Å²) in [5, 5.41) is 0. The van der Waals surface area contributed by atoms with Crippen molar-refractivity contribution in [2.75, 3.05) is 6.61 Å². The van der Waals surface area contributed by atoms with Crippen molar-refractivity contribution in [2.24, 2.45) is 5.73 Å². The van der Waals surface area contributed by atoms with Crippen molar-refractivity contribution < 1.29 is 13.9 Å². The fourth-order valence-electron chi connectivity index (χ4n) is 1.11. The second-order valence-corrected chi connectivity index (χ2v) is 4.10. The zero-order valence-electron chi connectivity index (χ0n) is 9.11. The molecule has 5 nitrogen and oxygen atoms in total. The van der Waals surface area contributed by atoms with Crippen molar-refractivity contribution in [1.29, 1.82) is 0 Å². The van der Waals surface area contributed by atoms with Gasteiger partial charge in [0.25, 0.3) is 4.80 Å². The standard InChI is InChI=1S/C10H15BrN2O3/c1-2-3-4-15-9(14)8(12)5-7-6-16-10(11)13-7/h6,8H,2-5,12H2,1H3/t8-/m0/s1. The first-order valence-electron chi connectivity index (χ1n) is 5.15. The van der Waals surface area contributed by atoms with Crippen molar-refractivity contribution in [2.45, 2.75) is 32.2 Å². The zero-order valence-corrected chi connectivity index (χ0v) is 10.7. The van der Waals surface area contributed by atoms with Gasteiger partial charge in [-0.05, 0) is 6.42 Å². The lowest BCUT2D eigenvalue weighted by molar-refractivity contribution is -0.145. The van der Waals surface area contributed by atoms with Gasteiger partial charge in [0, 0.05) is 22.4 Å². The van der Waals surface area contributed by atoms with Crippen molar-refractivity contribution in [3.8, 4) is 0 Å². The van der Waals surface area contributed by atoms with Crippen molar-refractivity contribution in [3.05, 3.63) is 16.8 Å². The van der Waals surface area contributed by atoms with Gasteiger partial charge in [-0.25, -0.2) is 4.98 Å². The summed E-state index contributed by atoms with van der Waals surface area (Å²) in [5.74, 6) is -0.396. The van der Waals surface area contributed by atoms with Gasteiger partial charge in [0.15, 0.2) is 0 Å². The number of hydrogen-bond donors (Lipinski definition) is 1. The average Bonchev–Trinajstić information content (AvgIpc) is 2.64. The van der Waals surface area contributed by atoms with Crippen LogP contribution in [0.4, 0.5) is 0 Å². The molecule has 0 aliphatic rings. The Bertz CT molecular complexity index is 341. The number of rotatable bonds is 6. The van der Waals surface area contributed by atoms with E-state index in [0.717, 1.165) is 12.8 Å². The highest BCUT2D eigenvalue weighted by Gasteiger charge is 2.17. The van der Waals surface area contributed by atoms with E-state index in [0.29, 0.717) is 23.5 Å². The number of oxazole rings is 1. The van der Waals surface area contributed by atoms with Gasteiger partial charge in [-0.1, -0.05) is 13.3 Å². The first-order chi connectivity index (χ1) is 7.63. The second-order valence-electron chi connectivity index (χ2n) is 3.42. The van der Waals surface area contributed by atoms with Crippen LogP contribution in [0.25, 0.3) is 0 Å². The van der Waals surface area contributed by atoms with E-state index < -0.39 is 12.0 Å². The number of hydrogen-bond acceptors (Lipinski definition) is 5. The lowest BCUT2D eigenvalue weighted by atomic mass is 10.2. The maximum Gasteiger partial charge on any atom is 0.323 e. The molecular weight excluding hydrogens is 276 g/mol. The van der Waals surface area contributed by atoms with Gasteiger partial charge in [0.1, 0.15) is 12.3 Å². The molecule has 0 unspecified atom stereocenters. The van der Waals surface area contributed by atoms with E-state index >= 15 is 0 Å².